The van der Waals surface area contributed by atoms with Crippen molar-refractivity contribution in [3.05, 3.63) is 53.6 Å². The minimum Gasteiger partial charge on any atom is -0.495 e. The minimum absolute atomic E-state index is 0.0673. The van der Waals surface area contributed by atoms with E-state index in [2.05, 4.69) is 10.0 Å². The Kier molecular flexibility index (Phi) is 7.69. The summed E-state index contributed by atoms with van der Waals surface area (Å²) >= 11 is 0. The molecule has 0 saturated heterocycles. The summed E-state index contributed by atoms with van der Waals surface area (Å²) in [6, 6.07) is 8.71. The highest BCUT2D eigenvalue weighted by Gasteiger charge is 2.29. The molecule has 0 radical (unpaired) electrons. The van der Waals surface area contributed by atoms with Crippen LogP contribution >= 0.6 is 0 Å². The third kappa shape index (κ3) is 7.00. The third-order valence-corrected chi connectivity index (χ3v) is 5.39. The second-order valence-electron chi connectivity index (χ2n) is 6.34. The highest BCUT2D eigenvalue weighted by Crippen LogP contribution is 2.28. The molecule has 0 heterocycles. The molecule has 0 aliphatic heterocycles. The lowest BCUT2D eigenvalue weighted by molar-refractivity contribution is -0.153. The number of amides is 1. The highest BCUT2D eigenvalue weighted by molar-refractivity contribution is 7.89. The van der Waals surface area contributed by atoms with E-state index in [0.717, 1.165) is 6.08 Å². The maximum absolute atomic E-state index is 12.5. The van der Waals surface area contributed by atoms with Crippen LogP contribution in [0.1, 0.15) is 11.1 Å². The maximum atomic E-state index is 12.5. The molecule has 31 heavy (non-hydrogen) atoms. The normalized spacial score (nSPS) is 12.1. The number of hydrogen-bond acceptors (Lipinski definition) is 5. The maximum Gasteiger partial charge on any atom is 0.422 e. The average molecular weight is 458 g/mol. The monoisotopic (exact) mass is 458 g/mol. The third-order valence-electron chi connectivity index (χ3n) is 3.96. The number of ether oxygens (including phenoxy) is 2. The van der Waals surface area contributed by atoms with E-state index in [-0.39, 0.29) is 22.1 Å². The van der Waals surface area contributed by atoms with Crippen molar-refractivity contribution in [1.82, 2.24) is 4.72 Å². The fourth-order valence-electron chi connectivity index (χ4n) is 2.48. The molecule has 0 atom stereocenters. The number of benzene rings is 2. The van der Waals surface area contributed by atoms with E-state index in [9.17, 15) is 26.4 Å². The number of halogens is 3. The van der Waals surface area contributed by atoms with Crippen molar-refractivity contribution in [2.45, 2.75) is 18.0 Å². The van der Waals surface area contributed by atoms with Gasteiger partial charge in [-0.25, -0.2) is 13.1 Å². The Morgan fingerprint density at radius 2 is 1.84 bits per heavy atom. The highest BCUT2D eigenvalue weighted by atomic mass is 32.2. The Bertz CT molecular complexity index is 1080. The molecule has 11 heteroatoms. The molecule has 2 rings (SSSR count). The molecule has 2 aromatic rings. The van der Waals surface area contributed by atoms with Gasteiger partial charge in [0, 0.05) is 6.08 Å². The SMILES string of the molecule is CNS(=O)(=O)c1cc(/C=C/C(=O)Nc2ccc(C)cc2OCC(F)(F)F)ccc1OC. The first-order valence-electron chi connectivity index (χ1n) is 8.86. The first-order chi connectivity index (χ1) is 14.4. The van der Waals surface area contributed by atoms with Crippen LogP contribution in [0.5, 0.6) is 11.5 Å². The van der Waals surface area contributed by atoms with Gasteiger partial charge in [-0.05, 0) is 55.4 Å². The Morgan fingerprint density at radius 1 is 1.13 bits per heavy atom. The van der Waals surface area contributed by atoms with Crippen LogP contribution in [0, 0.1) is 6.92 Å². The van der Waals surface area contributed by atoms with E-state index in [0.29, 0.717) is 11.1 Å². The van der Waals surface area contributed by atoms with Crippen molar-refractivity contribution < 1.29 is 35.9 Å². The molecule has 2 N–H and O–H groups in total. The molecule has 0 fully saturated rings. The van der Waals surface area contributed by atoms with Crippen LogP contribution in [-0.4, -0.2) is 41.3 Å². The van der Waals surface area contributed by atoms with E-state index < -0.39 is 28.7 Å². The van der Waals surface area contributed by atoms with E-state index >= 15 is 0 Å². The Morgan fingerprint density at radius 3 is 2.45 bits per heavy atom. The topological polar surface area (TPSA) is 93.7 Å². The lowest BCUT2D eigenvalue weighted by atomic mass is 10.2. The van der Waals surface area contributed by atoms with E-state index in [4.69, 9.17) is 9.47 Å². The van der Waals surface area contributed by atoms with Crippen LogP contribution in [0.15, 0.2) is 47.4 Å². The molecule has 0 saturated carbocycles. The summed E-state index contributed by atoms with van der Waals surface area (Å²) in [6.45, 7) is 0.177. The number of hydrogen-bond donors (Lipinski definition) is 2. The zero-order chi connectivity index (χ0) is 23.2. The van der Waals surface area contributed by atoms with Gasteiger partial charge in [0.1, 0.15) is 16.4 Å². The van der Waals surface area contributed by atoms with Crippen LogP contribution in [0.2, 0.25) is 0 Å². The van der Waals surface area contributed by atoms with Gasteiger partial charge in [0.15, 0.2) is 6.61 Å². The Hall–Kier alpha value is -3.05. The molecular formula is C20H21F3N2O5S. The smallest absolute Gasteiger partial charge is 0.422 e. The number of carbonyl (C=O) groups is 1. The molecule has 2 aromatic carbocycles. The molecule has 0 spiro atoms. The lowest BCUT2D eigenvalue weighted by Gasteiger charge is -2.14. The number of rotatable bonds is 8. The molecular weight excluding hydrogens is 437 g/mol. The van der Waals surface area contributed by atoms with Crippen LogP contribution in [0.3, 0.4) is 0 Å². The van der Waals surface area contributed by atoms with Crippen molar-refractivity contribution in [3.8, 4) is 11.5 Å². The summed E-state index contributed by atoms with van der Waals surface area (Å²) in [5, 5.41) is 2.45. The van der Waals surface area contributed by atoms with E-state index in [1.165, 1.54) is 44.5 Å². The van der Waals surface area contributed by atoms with Gasteiger partial charge in [-0.15, -0.1) is 0 Å². The first-order valence-corrected chi connectivity index (χ1v) is 10.3. The summed E-state index contributed by atoms with van der Waals surface area (Å²) < 4.78 is 73.6. The Labute approximate surface area is 177 Å². The summed E-state index contributed by atoms with van der Waals surface area (Å²) in [5.41, 5.74) is 1.11. The van der Waals surface area contributed by atoms with Crippen LogP contribution < -0.4 is 19.5 Å². The Balaban J connectivity index is 2.21. The van der Waals surface area contributed by atoms with E-state index in [1.54, 1.807) is 19.1 Å². The molecule has 7 nitrogen and oxygen atoms in total. The molecule has 1 amide bonds. The largest absolute Gasteiger partial charge is 0.495 e. The van der Waals surface area contributed by atoms with Crippen LogP contribution in [-0.2, 0) is 14.8 Å². The van der Waals surface area contributed by atoms with Crippen molar-refractivity contribution in [2.24, 2.45) is 0 Å². The number of aryl methyl sites for hydroxylation is 1. The van der Waals surface area contributed by atoms with Crippen LogP contribution in [0.4, 0.5) is 18.9 Å². The fraction of sp³-hybridized carbons (Fsp3) is 0.250. The summed E-state index contributed by atoms with van der Waals surface area (Å²) in [4.78, 5) is 12.1. The summed E-state index contributed by atoms with van der Waals surface area (Å²) in [7, 11) is -1.22. The standard InChI is InChI=1S/C20H21F3N2O5S/c1-13-4-7-15(17(10-13)30-12-20(21,22)23)25-19(26)9-6-14-5-8-16(29-3)18(11-14)31(27,28)24-2/h4-11,24H,12H2,1-3H3,(H,25,26)/b9-6+. The van der Waals surface area contributed by atoms with Crippen molar-refractivity contribution in [2.75, 3.05) is 26.1 Å². The zero-order valence-corrected chi connectivity index (χ0v) is 17.7. The molecule has 168 valence electrons. The van der Waals surface area contributed by atoms with Gasteiger partial charge in [0.2, 0.25) is 15.9 Å². The van der Waals surface area contributed by atoms with Gasteiger partial charge < -0.3 is 14.8 Å². The minimum atomic E-state index is -4.52. The number of carbonyl (C=O) groups excluding carboxylic acids is 1. The molecule has 0 aliphatic carbocycles. The first kappa shape index (κ1) is 24.2. The number of sulfonamides is 1. The van der Waals surface area contributed by atoms with Crippen LogP contribution in [0.25, 0.3) is 6.08 Å². The second-order valence-corrected chi connectivity index (χ2v) is 8.20. The van der Waals surface area contributed by atoms with Crippen molar-refractivity contribution >= 4 is 27.7 Å². The summed E-state index contributed by atoms with van der Waals surface area (Å²) in [5.74, 6) is -0.637. The number of nitrogens with one attached hydrogen (secondary N) is 2. The second kappa shape index (κ2) is 9.84. The lowest BCUT2D eigenvalue weighted by Crippen LogP contribution is -2.20. The van der Waals surface area contributed by atoms with Crippen molar-refractivity contribution in [3.63, 3.8) is 0 Å². The van der Waals surface area contributed by atoms with Gasteiger partial charge in [-0.2, -0.15) is 13.2 Å². The number of methoxy groups -OCH3 is 1. The predicted molar refractivity (Wildman–Crippen MR) is 110 cm³/mol. The molecule has 0 aromatic heterocycles. The van der Waals surface area contributed by atoms with Gasteiger partial charge in [0.05, 0.1) is 12.8 Å². The molecule has 0 bridgehead atoms. The molecule has 0 unspecified atom stereocenters. The van der Waals surface area contributed by atoms with Gasteiger partial charge >= 0.3 is 6.18 Å². The predicted octanol–water partition coefficient (Wildman–Crippen LogP) is 3.50. The van der Waals surface area contributed by atoms with Gasteiger partial charge in [-0.3, -0.25) is 4.79 Å². The van der Waals surface area contributed by atoms with E-state index in [1.807, 2.05) is 0 Å². The van der Waals surface area contributed by atoms with Gasteiger partial charge in [-0.1, -0.05) is 12.1 Å². The molecule has 0 aliphatic rings. The number of alkyl halides is 3. The average Bonchev–Trinajstić information content (AvgIpc) is 2.71. The van der Waals surface area contributed by atoms with Crippen molar-refractivity contribution in [1.29, 1.82) is 0 Å². The zero-order valence-electron chi connectivity index (χ0n) is 16.9. The summed E-state index contributed by atoms with van der Waals surface area (Å²) in [6.07, 6.45) is -2.05. The number of anilines is 1. The quantitative estimate of drug-likeness (QED) is 0.591. The van der Waals surface area contributed by atoms with Gasteiger partial charge in [0.25, 0.3) is 0 Å². The fourth-order valence-corrected chi connectivity index (χ4v) is 3.40.